The number of amides is 2. The normalized spacial score (nSPS) is 29.6. The van der Waals surface area contributed by atoms with Gasteiger partial charge in [-0.1, -0.05) is 27.7 Å². The fraction of sp³-hybridized carbons (Fsp3) is 0.846. The quantitative estimate of drug-likeness (QED) is 0.656. The van der Waals surface area contributed by atoms with Gasteiger partial charge in [0.05, 0.1) is 6.54 Å². The maximum atomic E-state index is 11.9. The van der Waals surface area contributed by atoms with Crippen molar-refractivity contribution in [1.29, 1.82) is 0 Å². The summed E-state index contributed by atoms with van der Waals surface area (Å²) >= 11 is 0. The Balaban J connectivity index is 1.78. The molecule has 18 heavy (non-hydrogen) atoms. The lowest BCUT2D eigenvalue weighted by molar-refractivity contribution is -0.126. The van der Waals surface area contributed by atoms with E-state index < -0.39 is 0 Å². The Labute approximate surface area is 108 Å². The summed E-state index contributed by atoms with van der Waals surface area (Å²) in [6.07, 6.45) is 0. The zero-order chi connectivity index (χ0) is 13.6. The highest BCUT2D eigenvalue weighted by molar-refractivity contribution is 5.86. The van der Waals surface area contributed by atoms with Crippen molar-refractivity contribution in [3.63, 3.8) is 0 Å². The van der Waals surface area contributed by atoms with E-state index in [1.807, 2.05) is 0 Å². The number of rotatable bonds is 3. The summed E-state index contributed by atoms with van der Waals surface area (Å²) in [4.78, 5) is 22.9. The van der Waals surface area contributed by atoms with E-state index in [1.165, 1.54) is 0 Å². The number of nitrogens with one attached hydrogen (secondary N) is 3. The van der Waals surface area contributed by atoms with Crippen molar-refractivity contribution in [2.75, 3.05) is 19.6 Å². The Morgan fingerprint density at radius 1 is 1.33 bits per heavy atom. The standard InChI is InChI=1S/C13H23N3O2/c1-12(2)9(13(12,3)4)6-16-11(18)8-5-15-10(17)7-14-8/h8-9,14H,5-7H2,1-4H3,(H,15,17)(H,16,18). The largest absolute Gasteiger partial charge is 0.354 e. The Morgan fingerprint density at radius 2 is 1.94 bits per heavy atom. The molecule has 0 aromatic rings. The van der Waals surface area contributed by atoms with Gasteiger partial charge >= 0.3 is 0 Å². The van der Waals surface area contributed by atoms with Crippen LogP contribution in [0.4, 0.5) is 0 Å². The molecular formula is C13H23N3O2. The van der Waals surface area contributed by atoms with Crippen LogP contribution in [-0.2, 0) is 9.59 Å². The third-order valence-corrected chi connectivity index (χ3v) is 5.13. The molecule has 3 N–H and O–H groups in total. The van der Waals surface area contributed by atoms with Gasteiger partial charge in [-0.2, -0.15) is 0 Å². The number of carbonyl (C=O) groups excluding carboxylic acids is 2. The summed E-state index contributed by atoms with van der Waals surface area (Å²) in [7, 11) is 0. The number of hydrogen-bond donors (Lipinski definition) is 3. The molecule has 2 rings (SSSR count). The highest BCUT2D eigenvalue weighted by Gasteiger charge is 2.64. The summed E-state index contributed by atoms with van der Waals surface area (Å²) in [5, 5.41) is 8.60. The molecule has 102 valence electrons. The van der Waals surface area contributed by atoms with Gasteiger partial charge < -0.3 is 10.6 Å². The van der Waals surface area contributed by atoms with Gasteiger partial charge in [-0.05, 0) is 16.7 Å². The molecule has 1 atom stereocenters. The fourth-order valence-corrected chi connectivity index (χ4v) is 2.92. The minimum absolute atomic E-state index is 0.0199. The van der Waals surface area contributed by atoms with Crippen LogP contribution >= 0.6 is 0 Å². The topological polar surface area (TPSA) is 70.2 Å². The highest BCUT2D eigenvalue weighted by Crippen LogP contribution is 2.67. The van der Waals surface area contributed by atoms with E-state index >= 15 is 0 Å². The van der Waals surface area contributed by atoms with E-state index in [2.05, 4.69) is 43.6 Å². The van der Waals surface area contributed by atoms with Crippen molar-refractivity contribution in [3.05, 3.63) is 0 Å². The summed E-state index contributed by atoms with van der Waals surface area (Å²) in [6, 6.07) is -0.298. The van der Waals surface area contributed by atoms with E-state index in [-0.39, 0.29) is 35.2 Å². The van der Waals surface area contributed by atoms with E-state index in [9.17, 15) is 9.59 Å². The van der Waals surface area contributed by atoms with Gasteiger partial charge in [0, 0.05) is 13.1 Å². The second-order valence-electron chi connectivity index (χ2n) is 6.48. The molecule has 1 heterocycles. The molecule has 0 bridgehead atoms. The molecule has 1 saturated heterocycles. The number of piperazine rings is 1. The Hall–Kier alpha value is -1.10. The molecule has 5 nitrogen and oxygen atoms in total. The van der Waals surface area contributed by atoms with Gasteiger partial charge in [0.25, 0.3) is 0 Å². The molecule has 2 aliphatic rings. The molecule has 1 aliphatic carbocycles. The highest BCUT2D eigenvalue weighted by atomic mass is 16.2. The minimum Gasteiger partial charge on any atom is -0.354 e. The lowest BCUT2D eigenvalue weighted by atomic mass is 10.0. The Morgan fingerprint density at radius 3 is 2.39 bits per heavy atom. The van der Waals surface area contributed by atoms with E-state index in [0.29, 0.717) is 19.0 Å². The predicted molar refractivity (Wildman–Crippen MR) is 68.9 cm³/mol. The summed E-state index contributed by atoms with van der Waals surface area (Å²) in [5.74, 6) is 0.448. The molecule has 0 radical (unpaired) electrons. The maximum Gasteiger partial charge on any atom is 0.238 e. The van der Waals surface area contributed by atoms with Gasteiger partial charge in [-0.15, -0.1) is 0 Å². The first-order valence-electron chi connectivity index (χ1n) is 6.54. The molecule has 0 aromatic carbocycles. The van der Waals surface area contributed by atoms with Crippen molar-refractivity contribution < 1.29 is 9.59 Å². The average Bonchev–Trinajstić information content (AvgIpc) is 2.67. The zero-order valence-corrected chi connectivity index (χ0v) is 11.6. The number of carbonyl (C=O) groups is 2. The summed E-state index contributed by atoms with van der Waals surface area (Å²) < 4.78 is 0. The van der Waals surface area contributed by atoms with Crippen molar-refractivity contribution in [1.82, 2.24) is 16.0 Å². The van der Waals surface area contributed by atoms with E-state index in [4.69, 9.17) is 0 Å². The second-order valence-corrected chi connectivity index (χ2v) is 6.48. The molecule has 2 fully saturated rings. The van der Waals surface area contributed by atoms with Crippen molar-refractivity contribution >= 4 is 11.8 Å². The van der Waals surface area contributed by atoms with E-state index in [0.717, 1.165) is 0 Å². The molecule has 2 amide bonds. The van der Waals surface area contributed by atoms with Crippen LogP contribution in [0.3, 0.4) is 0 Å². The van der Waals surface area contributed by atoms with Crippen LogP contribution in [0, 0.1) is 16.7 Å². The first-order chi connectivity index (χ1) is 8.26. The van der Waals surface area contributed by atoms with Crippen LogP contribution < -0.4 is 16.0 Å². The van der Waals surface area contributed by atoms with Crippen LogP contribution in [0.5, 0.6) is 0 Å². The maximum absolute atomic E-state index is 11.9. The molecule has 1 saturated carbocycles. The minimum atomic E-state index is -0.298. The van der Waals surface area contributed by atoms with Crippen LogP contribution in [0.2, 0.25) is 0 Å². The van der Waals surface area contributed by atoms with Crippen LogP contribution in [0.25, 0.3) is 0 Å². The first-order valence-corrected chi connectivity index (χ1v) is 6.54. The first kappa shape index (κ1) is 13.3. The molecule has 5 heteroatoms. The van der Waals surface area contributed by atoms with Crippen molar-refractivity contribution in [2.45, 2.75) is 33.7 Å². The van der Waals surface area contributed by atoms with E-state index in [1.54, 1.807) is 0 Å². The SMILES string of the molecule is CC1(C)C(CNC(=O)C2CNC(=O)CN2)C1(C)C. The second kappa shape index (κ2) is 4.23. The van der Waals surface area contributed by atoms with Gasteiger partial charge in [-0.3, -0.25) is 14.9 Å². The van der Waals surface area contributed by atoms with Crippen LogP contribution in [0.1, 0.15) is 27.7 Å². The average molecular weight is 253 g/mol. The Bertz CT molecular complexity index is 352. The van der Waals surface area contributed by atoms with Crippen molar-refractivity contribution in [2.24, 2.45) is 16.7 Å². The monoisotopic (exact) mass is 253 g/mol. The molecule has 1 unspecified atom stereocenters. The van der Waals surface area contributed by atoms with Gasteiger partial charge in [0.15, 0.2) is 0 Å². The summed E-state index contributed by atoms with van der Waals surface area (Å²) in [6.45, 7) is 10.3. The Kier molecular flexibility index (Phi) is 3.13. The van der Waals surface area contributed by atoms with Crippen LogP contribution in [-0.4, -0.2) is 37.5 Å². The molecule has 0 aromatic heterocycles. The zero-order valence-electron chi connectivity index (χ0n) is 11.6. The third kappa shape index (κ3) is 2.11. The van der Waals surface area contributed by atoms with Gasteiger partial charge in [-0.25, -0.2) is 0 Å². The summed E-state index contributed by atoms with van der Waals surface area (Å²) in [5.41, 5.74) is 0.572. The lowest BCUT2D eigenvalue weighted by Gasteiger charge is -2.23. The molecular weight excluding hydrogens is 230 g/mol. The third-order valence-electron chi connectivity index (χ3n) is 5.13. The van der Waals surface area contributed by atoms with Gasteiger partial charge in [0.1, 0.15) is 6.04 Å². The fourth-order valence-electron chi connectivity index (χ4n) is 2.92. The lowest BCUT2D eigenvalue weighted by Crippen LogP contribution is -2.58. The molecule has 0 spiro atoms. The molecule has 1 aliphatic heterocycles. The van der Waals surface area contributed by atoms with Gasteiger partial charge in [0.2, 0.25) is 11.8 Å². The van der Waals surface area contributed by atoms with Crippen molar-refractivity contribution in [3.8, 4) is 0 Å². The smallest absolute Gasteiger partial charge is 0.238 e. The van der Waals surface area contributed by atoms with Crippen LogP contribution in [0.15, 0.2) is 0 Å². The number of hydrogen-bond acceptors (Lipinski definition) is 3. The predicted octanol–water partition coefficient (Wildman–Crippen LogP) is -0.127.